The molecule has 2 aromatic heterocycles. The van der Waals surface area contributed by atoms with Gasteiger partial charge in [-0.25, -0.2) is 9.97 Å². The number of fused-ring (bicyclic) bond motifs is 1. The molecular weight excluding hydrogens is 376 g/mol. The molecule has 154 valence electrons. The van der Waals surface area contributed by atoms with E-state index in [9.17, 15) is 4.79 Å². The van der Waals surface area contributed by atoms with Gasteiger partial charge >= 0.3 is 0 Å². The zero-order chi connectivity index (χ0) is 20.7. The Kier molecular flexibility index (Phi) is 4.73. The summed E-state index contributed by atoms with van der Waals surface area (Å²) in [7, 11) is 1.83. The Balaban J connectivity index is 1.63. The van der Waals surface area contributed by atoms with Crippen molar-refractivity contribution in [3.05, 3.63) is 42.7 Å². The molecule has 1 atom stereocenters. The lowest BCUT2D eigenvalue weighted by Crippen LogP contribution is -2.55. The molecule has 30 heavy (non-hydrogen) atoms. The molecule has 1 N–H and O–H groups in total. The highest BCUT2D eigenvalue weighted by atomic mass is 16.2. The van der Waals surface area contributed by atoms with Crippen LogP contribution in [0.4, 0.5) is 11.5 Å². The summed E-state index contributed by atoms with van der Waals surface area (Å²) in [6.07, 6.45) is 8.94. The molecule has 0 unspecified atom stereocenters. The maximum absolute atomic E-state index is 13.1. The van der Waals surface area contributed by atoms with Gasteiger partial charge in [-0.3, -0.25) is 9.89 Å². The van der Waals surface area contributed by atoms with E-state index in [1.165, 1.54) is 12.8 Å². The molecule has 5 rings (SSSR count). The van der Waals surface area contributed by atoms with E-state index >= 15 is 0 Å². The summed E-state index contributed by atoms with van der Waals surface area (Å²) in [5.74, 6) is 1.62. The van der Waals surface area contributed by atoms with Crippen molar-refractivity contribution < 1.29 is 4.79 Å². The summed E-state index contributed by atoms with van der Waals surface area (Å²) in [6, 6.07) is 10.3. The number of nitrogens with zero attached hydrogens (tertiary/aromatic N) is 5. The van der Waals surface area contributed by atoms with E-state index < -0.39 is 0 Å². The molecule has 3 heterocycles. The van der Waals surface area contributed by atoms with Crippen LogP contribution >= 0.6 is 0 Å². The minimum atomic E-state index is -0.175. The van der Waals surface area contributed by atoms with Gasteiger partial charge in [-0.05, 0) is 19.3 Å². The van der Waals surface area contributed by atoms with Crippen LogP contribution in [0, 0.1) is 0 Å². The Morgan fingerprint density at radius 1 is 1.13 bits per heavy atom. The molecule has 7 nitrogen and oxygen atoms in total. The maximum atomic E-state index is 13.1. The van der Waals surface area contributed by atoms with Gasteiger partial charge in [0.1, 0.15) is 11.7 Å². The van der Waals surface area contributed by atoms with Crippen molar-refractivity contribution in [3.8, 4) is 22.6 Å². The molecule has 0 saturated heterocycles. The summed E-state index contributed by atoms with van der Waals surface area (Å²) < 4.78 is 0. The molecule has 1 saturated carbocycles. The van der Waals surface area contributed by atoms with E-state index in [4.69, 9.17) is 4.98 Å². The van der Waals surface area contributed by atoms with Gasteiger partial charge in [-0.1, -0.05) is 50.1 Å². The van der Waals surface area contributed by atoms with Gasteiger partial charge in [0.05, 0.1) is 23.7 Å². The Bertz CT molecular complexity index is 1060. The third-order valence-electron chi connectivity index (χ3n) is 6.35. The van der Waals surface area contributed by atoms with Crippen molar-refractivity contribution in [1.82, 2.24) is 20.2 Å². The highest BCUT2D eigenvalue weighted by molar-refractivity contribution is 6.04. The predicted molar refractivity (Wildman–Crippen MR) is 117 cm³/mol. The SMILES string of the molecule is CC[C@@H]1C(=O)N(C)c2cnc(-c3cn[nH]c3-c3ccccc3)nc2N1C1CCCC1. The van der Waals surface area contributed by atoms with Crippen molar-refractivity contribution in [2.45, 2.75) is 51.1 Å². The number of benzene rings is 1. The minimum absolute atomic E-state index is 0.126. The second-order valence-electron chi connectivity index (χ2n) is 8.09. The summed E-state index contributed by atoms with van der Waals surface area (Å²) in [4.78, 5) is 26.7. The van der Waals surface area contributed by atoms with Crippen LogP contribution in [0.3, 0.4) is 0 Å². The molecule has 1 aliphatic heterocycles. The third kappa shape index (κ3) is 2.96. The number of likely N-dealkylation sites (N-methyl/N-ethyl adjacent to an activating group) is 1. The number of aromatic amines is 1. The Hall–Kier alpha value is -3.22. The molecular formula is C23H26N6O. The fourth-order valence-corrected chi connectivity index (χ4v) is 4.79. The average Bonchev–Trinajstić information content (AvgIpc) is 3.48. The standard InChI is InChI=1S/C23H26N6O/c1-3-18-23(30)28(2)19-14-24-21(26-22(19)29(18)16-11-7-8-12-16)17-13-25-27-20(17)15-9-5-4-6-10-15/h4-6,9-10,13-14,16,18H,3,7-8,11-12H2,1-2H3,(H,25,27)/t18-/m1/s1. The van der Waals surface area contributed by atoms with E-state index in [0.717, 1.165) is 47.6 Å². The molecule has 0 bridgehead atoms. The minimum Gasteiger partial charge on any atom is -0.340 e. The number of nitrogens with one attached hydrogen (secondary N) is 1. The molecule has 0 radical (unpaired) electrons. The predicted octanol–water partition coefficient (Wildman–Crippen LogP) is 4.04. The van der Waals surface area contributed by atoms with Crippen LogP contribution in [0.25, 0.3) is 22.6 Å². The number of anilines is 2. The quantitative estimate of drug-likeness (QED) is 0.713. The number of aromatic nitrogens is 4. The van der Waals surface area contributed by atoms with Crippen LogP contribution < -0.4 is 9.80 Å². The zero-order valence-electron chi connectivity index (χ0n) is 17.4. The van der Waals surface area contributed by atoms with Crippen molar-refractivity contribution in [3.63, 3.8) is 0 Å². The Morgan fingerprint density at radius 2 is 1.90 bits per heavy atom. The van der Waals surface area contributed by atoms with Crippen molar-refractivity contribution in [2.24, 2.45) is 0 Å². The first-order valence-corrected chi connectivity index (χ1v) is 10.7. The second kappa shape index (κ2) is 7.55. The maximum Gasteiger partial charge on any atom is 0.249 e. The molecule has 1 aliphatic carbocycles. The van der Waals surface area contributed by atoms with Gasteiger partial charge < -0.3 is 9.80 Å². The van der Waals surface area contributed by atoms with Crippen LogP contribution in [0.5, 0.6) is 0 Å². The lowest BCUT2D eigenvalue weighted by molar-refractivity contribution is -0.120. The normalized spacial score (nSPS) is 19.4. The summed E-state index contributed by atoms with van der Waals surface area (Å²) >= 11 is 0. The van der Waals surface area contributed by atoms with Crippen LogP contribution in [0.2, 0.25) is 0 Å². The number of rotatable bonds is 4. The van der Waals surface area contributed by atoms with Crippen molar-refractivity contribution in [2.75, 3.05) is 16.8 Å². The summed E-state index contributed by atoms with van der Waals surface area (Å²) in [5.41, 5.74) is 3.58. The number of hydrogen-bond donors (Lipinski definition) is 1. The van der Waals surface area contributed by atoms with E-state index in [1.807, 2.05) is 37.4 Å². The lowest BCUT2D eigenvalue weighted by atomic mass is 10.0. The molecule has 1 aromatic carbocycles. The first-order chi connectivity index (χ1) is 14.7. The van der Waals surface area contributed by atoms with Crippen molar-refractivity contribution in [1.29, 1.82) is 0 Å². The third-order valence-corrected chi connectivity index (χ3v) is 6.35. The molecule has 1 fully saturated rings. The molecule has 1 amide bonds. The summed E-state index contributed by atoms with van der Waals surface area (Å²) in [6.45, 7) is 2.08. The zero-order valence-corrected chi connectivity index (χ0v) is 17.4. The van der Waals surface area contributed by atoms with E-state index in [-0.39, 0.29) is 11.9 Å². The van der Waals surface area contributed by atoms with Crippen LogP contribution in [-0.4, -0.2) is 45.2 Å². The lowest BCUT2D eigenvalue weighted by Gasteiger charge is -2.43. The largest absolute Gasteiger partial charge is 0.340 e. The molecule has 3 aromatic rings. The van der Waals surface area contributed by atoms with Gasteiger partial charge in [0.2, 0.25) is 5.91 Å². The van der Waals surface area contributed by atoms with Gasteiger partial charge in [0.15, 0.2) is 11.6 Å². The van der Waals surface area contributed by atoms with Gasteiger partial charge in [-0.15, -0.1) is 0 Å². The monoisotopic (exact) mass is 402 g/mol. The van der Waals surface area contributed by atoms with Gasteiger partial charge in [0, 0.05) is 18.7 Å². The Labute approximate surface area is 176 Å². The van der Waals surface area contributed by atoms with E-state index in [0.29, 0.717) is 11.9 Å². The fraction of sp³-hybridized carbons (Fsp3) is 0.391. The molecule has 2 aliphatic rings. The van der Waals surface area contributed by atoms with Gasteiger partial charge in [-0.2, -0.15) is 5.10 Å². The number of amides is 1. The van der Waals surface area contributed by atoms with Crippen LogP contribution in [-0.2, 0) is 4.79 Å². The topological polar surface area (TPSA) is 78.0 Å². The first kappa shape index (κ1) is 18.8. The second-order valence-corrected chi connectivity index (χ2v) is 8.09. The summed E-state index contributed by atoms with van der Waals surface area (Å²) in [5, 5.41) is 7.35. The number of carbonyl (C=O) groups excluding carboxylic acids is 1. The Morgan fingerprint density at radius 3 is 2.63 bits per heavy atom. The van der Waals surface area contributed by atoms with Gasteiger partial charge in [0.25, 0.3) is 0 Å². The van der Waals surface area contributed by atoms with E-state index in [2.05, 4.69) is 27.0 Å². The van der Waals surface area contributed by atoms with Crippen LogP contribution in [0.15, 0.2) is 42.7 Å². The number of hydrogen-bond acceptors (Lipinski definition) is 5. The van der Waals surface area contributed by atoms with Crippen molar-refractivity contribution >= 4 is 17.4 Å². The highest BCUT2D eigenvalue weighted by Gasteiger charge is 2.41. The van der Waals surface area contributed by atoms with E-state index in [1.54, 1.807) is 17.3 Å². The highest BCUT2D eigenvalue weighted by Crippen LogP contribution is 2.40. The van der Waals surface area contributed by atoms with Crippen LogP contribution in [0.1, 0.15) is 39.0 Å². The smallest absolute Gasteiger partial charge is 0.249 e. The number of carbonyl (C=O) groups is 1. The fourth-order valence-electron chi connectivity index (χ4n) is 4.79. The average molecular weight is 403 g/mol. The first-order valence-electron chi connectivity index (χ1n) is 10.7. The molecule has 7 heteroatoms. The molecule has 0 spiro atoms. The number of H-pyrrole nitrogens is 1.